The highest BCUT2D eigenvalue weighted by molar-refractivity contribution is 5.95. The number of aliphatic hydroxyl groups is 1. The first kappa shape index (κ1) is 16.7. The van der Waals surface area contributed by atoms with Crippen molar-refractivity contribution < 1.29 is 14.7 Å². The quantitative estimate of drug-likeness (QED) is 0.764. The highest BCUT2D eigenvalue weighted by atomic mass is 16.3. The molecule has 0 aromatic heterocycles. The second-order valence-electron chi connectivity index (χ2n) is 5.13. The second-order valence-corrected chi connectivity index (χ2v) is 5.13. The van der Waals surface area contributed by atoms with E-state index in [-0.39, 0.29) is 12.5 Å². The van der Waals surface area contributed by atoms with Crippen LogP contribution in [0.15, 0.2) is 54.6 Å². The van der Waals surface area contributed by atoms with Gasteiger partial charge >= 0.3 is 0 Å². The lowest BCUT2D eigenvalue weighted by Gasteiger charge is -2.12. The van der Waals surface area contributed by atoms with Crippen LogP contribution < -0.4 is 10.6 Å². The molecule has 2 amide bonds. The van der Waals surface area contributed by atoms with Gasteiger partial charge in [0.25, 0.3) is 5.91 Å². The standard InChI is InChI=1S/C18H20N2O3/c1-2-13-7-6-10-15(11-13)20-16(21)12-19-18(23)17(22)14-8-4-3-5-9-14/h3-11,17,22H,2,12H2,1H3,(H,19,23)(H,20,21). The summed E-state index contributed by atoms with van der Waals surface area (Å²) < 4.78 is 0. The lowest BCUT2D eigenvalue weighted by atomic mass is 10.1. The van der Waals surface area contributed by atoms with E-state index in [1.54, 1.807) is 36.4 Å². The maximum absolute atomic E-state index is 11.9. The molecule has 0 aliphatic carbocycles. The lowest BCUT2D eigenvalue weighted by Crippen LogP contribution is -2.36. The lowest BCUT2D eigenvalue weighted by molar-refractivity contribution is -0.131. The third kappa shape index (κ3) is 4.93. The summed E-state index contributed by atoms with van der Waals surface area (Å²) in [6.45, 7) is 1.84. The first-order chi connectivity index (χ1) is 11.1. The number of amides is 2. The molecule has 120 valence electrons. The van der Waals surface area contributed by atoms with Crippen molar-refractivity contribution in [2.45, 2.75) is 19.4 Å². The number of carbonyl (C=O) groups excluding carboxylic acids is 2. The average molecular weight is 312 g/mol. The van der Waals surface area contributed by atoms with Gasteiger partial charge < -0.3 is 15.7 Å². The summed E-state index contributed by atoms with van der Waals surface area (Å²) in [7, 11) is 0. The van der Waals surface area contributed by atoms with Crippen molar-refractivity contribution in [3.05, 3.63) is 65.7 Å². The van der Waals surface area contributed by atoms with Crippen LogP contribution in [0.3, 0.4) is 0 Å². The topological polar surface area (TPSA) is 78.4 Å². The Hall–Kier alpha value is -2.66. The number of aliphatic hydroxyl groups excluding tert-OH is 1. The van der Waals surface area contributed by atoms with Gasteiger partial charge in [0.2, 0.25) is 5.91 Å². The van der Waals surface area contributed by atoms with Crippen LogP contribution >= 0.6 is 0 Å². The number of benzene rings is 2. The van der Waals surface area contributed by atoms with Crippen molar-refractivity contribution in [2.24, 2.45) is 0 Å². The fraction of sp³-hybridized carbons (Fsp3) is 0.222. The molecule has 23 heavy (non-hydrogen) atoms. The Morgan fingerprint density at radius 1 is 1.09 bits per heavy atom. The van der Waals surface area contributed by atoms with Crippen LogP contribution in [0.25, 0.3) is 0 Å². The van der Waals surface area contributed by atoms with Gasteiger partial charge in [-0.05, 0) is 29.7 Å². The molecule has 5 heteroatoms. The zero-order valence-corrected chi connectivity index (χ0v) is 13.0. The Morgan fingerprint density at radius 2 is 1.83 bits per heavy atom. The number of aryl methyl sites for hydroxylation is 1. The first-order valence-corrected chi connectivity index (χ1v) is 7.49. The predicted molar refractivity (Wildman–Crippen MR) is 88.9 cm³/mol. The van der Waals surface area contributed by atoms with E-state index >= 15 is 0 Å². The van der Waals surface area contributed by atoms with Gasteiger partial charge in [0.1, 0.15) is 0 Å². The van der Waals surface area contributed by atoms with Gasteiger partial charge in [-0.2, -0.15) is 0 Å². The first-order valence-electron chi connectivity index (χ1n) is 7.49. The Balaban J connectivity index is 1.85. The van der Waals surface area contributed by atoms with Gasteiger partial charge in [0, 0.05) is 5.69 Å². The van der Waals surface area contributed by atoms with E-state index in [1.807, 2.05) is 25.1 Å². The van der Waals surface area contributed by atoms with E-state index in [2.05, 4.69) is 10.6 Å². The van der Waals surface area contributed by atoms with Crippen molar-refractivity contribution in [2.75, 3.05) is 11.9 Å². The largest absolute Gasteiger partial charge is 0.378 e. The zero-order valence-electron chi connectivity index (χ0n) is 13.0. The molecular formula is C18H20N2O3. The third-order valence-corrected chi connectivity index (χ3v) is 3.41. The molecule has 0 heterocycles. The minimum Gasteiger partial charge on any atom is -0.378 e. The van der Waals surface area contributed by atoms with Crippen molar-refractivity contribution >= 4 is 17.5 Å². The molecular weight excluding hydrogens is 292 g/mol. The van der Waals surface area contributed by atoms with Gasteiger partial charge in [-0.15, -0.1) is 0 Å². The van der Waals surface area contributed by atoms with E-state index in [4.69, 9.17) is 0 Å². The Labute approximate surface area is 135 Å². The minimum absolute atomic E-state index is 0.195. The van der Waals surface area contributed by atoms with Crippen molar-refractivity contribution in [3.8, 4) is 0 Å². The Morgan fingerprint density at radius 3 is 2.52 bits per heavy atom. The molecule has 5 nitrogen and oxygen atoms in total. The van der Waals surface area contributed by atoms with Crippen molar-refractivity contribution in [3.63, 3.8) is 0 Å². The van der Waals surface area contributed by atoms with Gasteiger partial charge in [-0.1, -0.05) is 49.4 Å². The SMILES string of the molecule is CCc1cccc(NC(=O)CNC(=O)C(O)c2ccccc2)c1. The molecule has 0 spiro atoms. The normalized spacial score (nSPS) is 11.6. The smallest absolute Gasteiger partial charge is 0.253 e. The molecule has 0 aliphatic rings. The molecule has 0 fully saturated rings. The summed E-state index contributed by atoms with van der Waals surface area (Å²) in [4.78, 5) is 23.7. The van der Waals surface area contributed by atoms with Gasteiger partial charge in [-0.3, -0.25) is 9.59 Å². The molecule has 0 bridgehead atoms. The predicted octanol–water partition coefficient (Wildman–Crippen LogP) is 2.04. The van der Waals surface area contributed by atoms with E-state index in [9.17, 15) is 14.7 Å². The monoisotopic (exact) mass is 312 g/mol. The molecule has 0 radical (unpaired) electrons. The van der Waals surface area contributed by atoms with Crippen LogP contribution in [0.5, 0.6) is 0 Å². The molecule has 3 N–H and O–H groups in total. The van der Waals surface area contributed by atoms with Crippen LogP contribution in [0, 0.1) is 0 Å². The highest BCUT2D eigenvalue weighted by Crippen LogP contribution is 2.12. The molecule has 2 aromatic carbocycles. The van der Waals surface area contributed by atoms with Crippen molar-refractivity contribution in [1.82, 2.24) is 5.32 Å². The van der Waals surface area contributed by atoms with Crippen LogP contribution in [-0.4, -0.2) is 23.5 Å². The molecule has 0 aliphatic heterocycles. The van der Waals surface area contributed by atoms with Crippen LogP contribution in [0.2, 0.25) is 0 Å². The number of hydrogen-bond donors (Lipinski definition) is 3. The van der Waals surface area contributed by atoms with Gasteiger partial charge in [0.05, 0.1) is 6.54 Å². The van der Waals surface area contributed by atoms with E-state index < -0.39 is 12.0 Å². The van der Waals surface area contributed by atoms with Crippen LogP contribution in [-0.2, 0) is 16.0 Å². The molecule has 2 aromatic rings. The summed E-state index contributed by atoms with van der Waals surface area (Å²) in [5, 5.41) is 15.1. The van der Waals surface area contributed by atoms with Gasteiger partial charge in [0.15, 0.2) is 6.10 Å². The summed E-state index contributed by atoms with van der Waals surface area (Å²) >= 11 is 0. The number of hydrogen-bond acceptors (Lipinski definition) is 3. The number of nitrogens with one attached hydrogen (secondary N) is 2. The Kier molecular flexibility index (Phi) is 5.88. The second kappa shape index (κ2) is 8.10. The van der Waals surface area contributed by atoms with Gasteiger partial charge in [-0.25, -0.2) is 0 Å². The fourth-order valence-corrected chi connectivity index (χ4v) is 2.12. The molecule has 1 atom stereocenters. The van der Waals surface area contributed by atoms with E-state index in [1.165, 1.54) is 0 Å². The van der Waals surface area contributed by atoms with Crippen molar-refractivity contribution in [1.29, 1.82) is 0 Å². The van der Waals surface area contributed by atoms with E-state index in [0.717, 1.165) is 12.0 Å². The maximum atomic E-state index is 11.9. The molecule has 1 unspecified atom stereocenters. The number of rotatable bonds is 6. The summed E-state index contributed by atoms with van der Waals surface area (Å²) in [6.07, 6.45) is -0.406. The third-order valence-electron chi connectivity index (χ3n) is 3.41. The Bertz CT molecular complexity index is 671. The highest BCUT2D eigenvalue weighted by Gasteiger charge is 2.17. The molecule has 0 saturated heterocycles. The summed E-state index contributed by atoms with van der Waals surface area (Å²) in [5.41, 5.74) is 2.29. The van der Waals surface area contributed by atoms with Crippen LogP contribution in [0.1, 0.15) is 24.2 Å². The molecule has 0 saturated carbocycles. The number of anilines is 1. The van der Waals surface area contributed by atoms with E-state index in [0.29, 0.717) is 11.3 Å². The maximum Gasteiger partial charge on any atom is 0.253 e. The van der Waals surface area contributed by atoms with Crippen LogP contribution in [0.4, 0.5) is 5.69 Å². The fourth-order valence-electron chi connectivity index (χ4n) is 2.12. The number of carbonyl (C=O) groups is 2. The summed E-state index contributed by atoms with van der Waals surface area (Å²) in [6, 6.07) is 16.1. The summed E-state index contributed by atoms with van der Waals surface area (Å²) in [5.74, 6) is -0.944. The molecule has 2 rings (SSSR count). The average Bonchev–Trinajstić information content (AvgIpc) is 2.60. The zero-order chi connectivity index (χ0) is 16.7. The minimum atomic E-state index is -1.28.